The van der Waals surface area contributed by atoms with Crippen molar-refractivity contribution in [3.8, 4) is 11.5 Å². The molecule has 0 atom stereocenters. The number of morpholine rings is 1. The molecule has 0 radical (unpaired) electrons. The number of nitrogens with zero attached hydrogens (tertiary/aromatic N) is 1. The van der Waals surface area contributed by atoms with Crippen molar-refractivity contribution in [1.29, 1.82) is 0 Å². The van der Waals surface area contributed by atoms with Crippen LogP contribution in [0.15, 0.2) is 36.4 Å². The first kappa shape index (κ1) is 19.9. The number of rotatable bonds is 6. The van der Waals surface area contributed by atoms with Gasteiger partial charge in [0.25, 0.3) is 5.91 Å². The number of methoxy groups -OCH3 is 1. The molecule has 1 heterocycles. The van der Waals surface area contributed by atoms with Gasteiger partial charge in [0.15, 0.2) is 11.5 Å². The van der Waals surface area contributed by atoms with Crippen LogP contribution >= 0.6 is 0 Å². The summed E-state index contributed by atoms with van der Waals surface area (Å²) in [4.78, 5) is 14.9. The predicted molar refractivity (Wildman–Crippen MR) is 102 cm³/mol. The average Bonchev–Trinajstić information content (AvgIpc) is 2.69. The molecule has 150 valence electrons. The van der Waals surface area contributed by atoms with Crippen LogP contribution in [0.25, 0.3) is 0 Å². The summed E-state index contributed by atoms with van der Waals surface area (Å²) in [6, 6.07) is 10.1. The van der Waals surface area contributed by atoms with Crippen molar-refractivity contribution in [2.45, 2.75) is 13.5 Å². The molecule has 8 heteroatoms. The number of carbonyl (C=O) groups is 1. The van der Waals surface area contributed by atoms with Crippen LogP contribution in [0.2, 0.25) is 0 Å². The zero-order valence-electron chi connectivity index (χ0n) is 15.7. The number of anilines is 2. The van der Waals surface area contributed by atoms with Crippen molar-refractivity contribution in [3.63, 3.8) is 0 Å². The predicted octanol–water partition coefficient (Wildman–Crippen LogP) is 3.69. The van der Waals surface area contributed by atoms with E-state index >= 15 is 0 Å². The number of para-hydroxylation sites is 1. The maximum Gasteiger partial charge on any atom is 0.387 e. The van der Waals surface area contributed by atoms with Gasteiger partial charge in [-0.1, -0.05) is 6.07 Å². The Morgan fingerprint density at radius 2 is 1.96 bits per heavy atom. The second-order valence-corrected chi connectivity index (χ2v) is 6.27. The maximum absolute atomic E-state index is 12.8. The number of carbonyl (C=O) groups excluding carboxylic acids is 1. The summed E-state index contributed by atoms with van der Waals surface area (Å²) in [6.45, 7) is 1.78. The number of nitrogens with one attached hydrogen (secondary N) is 1. The lowest BCUT2D eigenvalue weighted by Crippen LogP contribution is -2.36. The van der Waals surface area contributed by atoms with Gasteiger partial charge in [0.1, 0.15) is 0 Å². The number of hydrogen-bond donors (Lipinski definition) is 1. The Balaban J connectivity index is 1.81. The molecule has 28 heavy (non-hydrogen) atoms. The summed E-state index contributed by atoms with van der Waals surface area (Å²) in [7, 11) is 1.32. The Labute approximate surface area is 162 Å². The van der Waals surface area contributed by atoms with E-state index in [4.69, 9.17) is 9.47 Å². The van der Waals surface area contributed by atoms with Gasteiger partial charge in [-0.2, -0.15) is 8.78 Å². The normalized spacial score (nSPS) is 14.1. The van der Waals surface area contributed by atoms with Crippen LogP contribution in [-0.2, 0) is 4.74 Å². The van der Waals surface area contributed by atoms with E-state index in [1.54, 1.807) is 12.1 Å². The number of benzene rings is 2. The molecule has 1 N–H and O–H groups in total. The number of alkyl halides is 2. The van der Waals surface area contributed by atoms with Crippen LogP contribution in [-0.4, -0.2) is 45.9 Å². The van der Waals surface area contributed by atoms with Crippen LogP contribution in [0, 0.1) is 6.92 Å². The van der Waals surface area contributed by atoms with Gasteiger partial charge in [0.05, 0.1) is 25.9 Å². The smallest absolute Gasteiger partial charge is 0.387 e. The van der Waals surface area contributed by atoms with Crippen molar-refractivity contribution < 1.29 is 27.8 Å². The van der Waals surface area contributed by atoms with Crippen molar-refractivity contribution in [1.82, 2.24) is 0 Å². The molecule has 1 aliphatic rings. The standard InChI is InChI=1S/C20H22F2N2O4/c1-13-12-14(24-8-10-27-11-9-24)6-7-16(13)23-19(25)15-4-3-5-17(26-2)18(15)28-20(21)22/h3-7,12,20H,8-11H2,1-2H3,(H,23,25). The Morgan fingerprint density at radius 3 is 2.61 bits per heavy atom. The zero-order chi connectivity index (χ0) is 20.1. The molecule has 0 aliphatic carbocycles. The third-order valence-electron chi connectivity index (χ3n) is 4.48. The number of aryl methyl sites for hydroxylation is 1. The SMILES string of the molecule is COc1cccc(C(=O)Nc2ccc(N3CCOCC3)cc2C)c1OC(F)F. The average molecular weight is 392 g/mol. The van der Waals surface area contributed by atoms with Gasteiger partial charge in [-0.25, -0.2) is 0 Å². The summed E-state index contributed by atoms with van der Waals surface area (Å²) in [5, 5.41) is 2.76. The van der Waals surface area contributed by atoms with E-state index < -0.39 is 12.5 Å². The lowest BCUT2D eigenvalue weighted by molar-refractivity contribution is -0.0515. The minimum atomic E-state index is -3.07. The van der Waals surface area contributed by atoms with Gasteiger partial charge in [0.2, 0.25) is 0 Å². The Hall–Kier alpha value is -2.87. The summed E-state index contributed by atoms with van der Waals surface area (Å²) < 4.78 is 40.5. The van der Waals surface area contributed by atoms with Gasteiger partial charge >= 0.3 is 6.61 Å². The first-order valence-electron chi connectivity index (χ1n) is 8.86. The summed E-state index contributed by atoms with van der Waals surface area (Å²) in [6.07, 6.45) is 0. The Kier molecular flexibility index (Phi) is 6.30. The molecular weight excluding hydrogens is 370 g/mol. The van der Waals surface area contributed by atoms with Gasteiger partial charge < -0.3 is 24.4 Å². The summed E-state index contributed by atoms with van der Waals surface area (Å²) in [5.41, 5.74) is 2.46. The van der Waals surface area contributed by atoms with E-state index in [-0.39, 0.29) is 17.1 Å². The highest BCUT2D eigenvalue weighted by Gasteiger charge is 2.21. The van der Waals surface area contributed by atoms with Crippen molar-refractivity contribution in [3.05, 3.63) is 47.5 Å². The molecule has 0 spiro atoms. The molecule has 3 rings (SSSR count). The Bertz CT molecular complexity index is 839. The minimum Gasteiger partial charge on any atom is -0.493 e. The van der Waals surface area contributed by atoms with Gasteiger partial charge in [-0.3, -0.25) is 4.79 Å². The maximum atomic E-state index is 12.8. The number of ether oxygens (including phenoxy) is 3. The molecule has 1 fully saturated rings. The first-order valence-corrected chi connectivity index (χ1v) is 8.86. The lowest BCUT2D eigenvalue weighted by atomic mass is 10.1. The van der Waals surface area contributed by atoms with Crippen LogP contribution in [0.4, 0.5) is 20.2 Å². The molecule has 1 saturated heterocycles. The number of amides is 1. The highest BCUT2D eigenvalue weighted by Crippen LogP contribution is 2.33. The van der Waals surface area contributed by atoms with E-state index in [9.17, 15) is 13.6 Å². The third-order valence-corrected chi connectivity index (χ3v) is 4.48. The van der Waals surface area contributed by atoms with E-state index in [1.807, 2.05) is 19.1 Å². The molecule has 0 bridgehead atoms. The highest BCUT2D eigenvalue weighted by molar-refractivity contribution is 6.07. The molecule has 0 saturated carbocycles. The minimum absolute atomic E-state index is 0.0312. The van der Waals surface area contributed by atoms with Crippen LogP contribution < -0.4 is 19.7 Å². The quantitative estimate of drug-likeness (QED) is 0.813. The monoisotopic (exact) mass is 392 g/mol. The fraction of sp³-hybridized carbons (Fsp3) is 0.350. The van der Waals surface area contributed by atoms with Crippen molar-refractivity contribution in [2.24, 2.45) is 0 Å². The van der Waals surface area contributed by atoms with E-state index in [0.717, 1.165) is 24.3 Å². The van der Waals surface area contributed by atoms with Crippen LogP contribution in [0.3, 0.4) is 0 Å². The summed E-state index contributed by atoms with van der Waals surface area (Å²) in [5.74, 6) is -0.788. The van der Waals surface area contributed by atoms with E-state index in [2.05, 4.69) is 15.0 Å². The second-order valence-electron chi connectivity index (χ2n) is 6.27. The topological polar surface area (TPSA) is 60.0 Å². The molecule has 2 aromatic rings. The largest absolute Gasteiger partial charge is 0.493 e. The molecular formula is C20H22F2N2O4. The second kappa shape index (κ2) is 8.88. The summed E-state index contributed by atoms with van der Waals surface area (Å²) >= 11 is 0. The van der Waals surface area contributed by atoms with Crippen LogP contribution in [0.5, 0.6) is 11.5 Å². The van der Waals surface area contributed by atoms with E-state index in [0.29, 0.717) is 18.9 Å². The first-order chi connectivity index (χ1) is 13.5. The molecule has 0 unspecified atom stereocenters. The fourth-order valence-electron chi connectivity index (χ4n) is 3.06. The molecule has 1 amide bonds. The number of halogens is 2. The van der Waals surface area contributed by atoms with Gasteiger partial charge in [0, 0.05) is 24.5 Å². The fourth-order valence-corrected chi connectivity index (χ4v) is 3.06. The molecule has 0 aromatic heterocycles. The molecule has 6 nitrogen and oxygen atoms in total. The lowest BCUT2D eigenvalue weighted by Gasteiger charge is -2.29. The van der Waals surface area contributed by atoms with Gasteiger partial charge in [-0.15, -0.1) is 0 Å². The third kappa shape index (κ3) is 4.51. The van der Waals surface area contributed by atoms with Crippen molar-refractivity contribution in [2.75, 3.05) is 43.6 Å². The Morgan fingerprint density at radius 1 is 1.21 bits per heavy atom. The molecule has 2 aromatic carbocycles. The van der Waals surface area contributed by atoms with Gasteiger partial charge in [-0.05, 0) is 42.8 Å². The number of hydrogen-bond acceptors (Lipinski definition) is 5. The highest BCUT2D eigenvalue weighted by atomic mass is 19.3. The van der Waals surface area contributed by atoms with Crippen LogP contribution in [0.1, 0.15) is 15.9 Å². The molecule has 1 aliphatic heterocycles. The zero-order valence-corrected chi connectivity index (χ0v) is 15.7. The van der Waals surface area contributed by atoms with E-state index in [1.165, 1.54) is 19.2 Å². The van der Waals surface area contributed by atoms with Crippen molar-refractivity contribution >= 4 is 17.3 Å².